The summed E-state index contributed by atoms with van der Waals surface area (Å²) >= 11 is 0. The third kappa shape index (κ3) is 3.11. The van der Waals surface area contributed by atoms with Crippen LogP contribution in [0.1, 0.15) is 15.9 Å². The molecule has 20 heavy (non-hydrogen) atoms. The van der Waals surface area contributed by atoms with Crippen LogP contribution < -0.4 is 5.73 Å². The van der Waals surface area contributed by atoms with E-state index >= 15 is 0 Å². The summed E-state index contributed by atoms with van der Waals surface area (Å²) in [6.45, 7) is 0.0329. The number of nitrogen functional groups attached to an aromatic ring is 1. The zero-order chi connectivity index (χ0) is 14.5. The highest BCUT2D eigenvalue weighted by Crippen LogP contribution is 2.19. The number of nitro benzene ring substituents is 1. The molecule has 0 radical (unpaired) electrons. The van der Waals surface area contributed by atoms with Crippen LogP contribution in [-0.4, -0.2) is 10.9 Å². The second-order valence-corrected chi connectivity index (χ2v) is 4.09. The molecular weight excluding hydrogens is 260 g/mol. The van der Waals surface area contributed by atoms with Crippen molar-refractivity contribution in [3.8, 4) is 0 Å². The first-order valence-corrected chi connectivity index (χ1v) is 5.83. The summed E-state index contributed by atoms with van der Waals surface area (Å²) in [4.78, 5) is 22.1. The maximum Gasteiger partial charge on any atom is 0.345 e. The molecule has 0 saturated carbocycles. The Kier molecular flexibility index (Phi) is 3.95. The van der Waals surface area contributed by atoms with E-state index in [-0.39, 0.29) is 17.9 Å². The number of rotatable bonds is 4. The number of para-hydroxylation sites is 1. The van der Waals surface area contributed by atoms with Gasteiger partial charge in [-0.1, -0.05) is 24.3 Å². The second kappa shape index (κ2) is 5.83. The van der Waals surface area contributed by atoms with Crippen molar-refractivity contribution in [2.75, 3.05) is 5.73 Å². The van der Waals surface area contributed by atoms with Crippen LogP contribution >= 0.6 is 0 Å². The van der Waals surface area contributed by atoms with E-state index in [2.05, 4.69) is 0 Å². The van der Waals surface area contributed by atoms with Crippen LogP contribution in [0.3, 0.4) is 0 Å². The number of nitrogens with two attached hydrogens (primary N) is 1. The van der Waals surface area contributed by atoms with Crippen molar-refractivity contribution in [2.45, 2.75) is 6.61 Å². The van der Waals surface area contributed by atoms with Gasteiger partial charge in [0.05, 0.1) is 4.92 Å². The first kappa shape index (κ1) is 13.5. The lowest BCUT2D eigenvalue weighted by atomic mass is 10.2. The SMILES string of the molecule is Nc1ccc(COC(=O)c2ccccc2[N+](=O)[O-])cc1. The molecule has 0 amide bonds. The Balaban J connectivity index is 2.09. The summed E-state index contributed by atoms with van der Waals surface area (Å²) in [6, 6.07) is 12.5. The molecule has 0 aliphatic heterocycles. The Morgan fingerprint density at radius 2 is 1.80 bits per heavy atom. The lowest BCUT2D eigenvalue weighted by Crippen LogP contribution is -2.08. The van der Waals surface area contributed by atoms with Gasteiger partial charge in [-0.25, -0.2) is 4.79 Å². The quantitative estimate of drug-likeness (QED) is 0.399. The predicted molar refractivity (Wildman–Crippen MR) is 73.1 cm³/mol. The molecule has 0 fully saturated rings. The number of carbonyl (C=O) groups excluding carboxylic acids is 1. The van der Waals surface area contributed by atoms with Gasteiger partial charge >= 0.3 is 5.97 Å². The Morgan fingerprint density at radius 3 is 2.45 bits per heavy atom. The van der Waals surface area contributed by atoms with Gasteiger partial charge in [0.25, 0.3) is 5.69 Å². The van der Waals surface area contributed by atoms with Gasteiger partial charge in [-0.15, -0.1) is 0 Å². The summed E-state index contributed by atoms with van der Waals surface area (Å²) in [6.07, 6.45) is 0. The lowest BCUT2D eigenvalue weighted by Gasteiger charge is -2.05. The van der Waals surface area contributed by atoms with Crippen molar-refractivity contribution in [2.24, 2.45) is 0 Å². The fourth-order valence-electron chi connectivity index (χ4n) is 1.65. The van der Waals surface area contributed by atoms with Crippen LogP contribution in [0, 0.1) is 10.1 Å². The Bertz CT molecular complexity index is 638. The van der Waals surface area contributed by atoms with Gasteiger partial charge in [0, 0.05) is 11.8 Å². The van der Waals surface area contributed by atoms with Gasteiger partial charge in [0.15, 0.2) is 0 Å². The van der Waals surface area contributed by atoms with E-state index in [1.165, 1.54) is 18.2 Å². The van der Waals surface area contributed by atoms with Crippen LogP contribution in [0.4, 0.5) is 11.4 Å². The average molecular weight is 272 g/mol. The smallest absolute Gasteiger partial charge is 0.345 e. The molecule has 102 valence electrons. The van der Waals surface area contributed by atoms with E-state index in [0.717, 1.165) is 5.56 Å². The van der Waals surface area contributed by atoms with E-state index in [1.54, 1.807) is 30.3 Å². The van der Waals surface area contributed by atoms with Crippen LogP contribution in [0.25, 0.3) is 0 Å². The molecule has 6 heteroatoms. The van der Waals surface area contributed by atoms with Crippen molar-refractivity contribution in [1.82, 2.24) is 0 Å². The highest BCUT2D eigenvalue weighted by Gasteiger charge is 2.20. The fourth-order valence-corrected chi connectivity index (χ4v) is 1.65. The molecule has 2 N–H and O–H groups in total. The molecule has 0 aliphatic rings. The molecule has 6 nitrogen and oxygen atoms in total. The number of hydrogen-bond acceptors (Lipinski definition) is 5. The Morgan fingerprint density at radius 1 is 1.15 bits per heavy atom. The predicted octanol–water partition coefficient (Wildman–Crippen LogP) is 2.53. The highest BCUT2D eigenvalue weighted by atomic mass is 16.6. The number of nitro groups is 1. The molecule has 0 heterocycles. The normalized spacial score (nSPS) is 10.0. The van der Waals surface area contributed by atoms with E-state index in [4.69, 9.17) is 10.5 Å². The van der Waals surface area contributed by atoms with Gasteiger partial charge in [-0.05, 0) is 23.8 Å². The van der Waals surface area contributed by atoms with Crippen LogP contribution in [-0.2, 0) is 11.3 Å². The largest absolute Gasteiger partial charge is 0.457 e. The summed E-state index contributed by atoms with van der Waals surface area (Å²) in [5.74, 6) is -0.728. The topological polar surface area (TPSA) is 95.5 Å². The van der Waals surface area contributed by atoms with E-state index in [0.29, 0.717) is 5.69 Å². The first-order valence-electron chi connectivity index (χ1n) is 5.83. The number of carbonyl (C=O) groups is 1. The number of hydrogen-bond donors (Lipinski definition) is 1. The number of benzene rings is 2. The van der Waals surface area contributed by atoms with Crippen molar-refractivity contribution in [3.63, 3.8) is 0 Å². The first-order chi connectivity index (χ1) is 9.58. The Labute approximate surface area is 114 Å². The molecule has 0 spiro atoms. The minimum Gasteiger partial charge on any atom is -0.457 e. The van der Waals surface area contributed by atoms with E-state index in [1.807, 2.05) is 0 Å². The molecule has 0 bridgehead atoms. The number of anilines is 1. The zero-order valence-corrected chi connectivity index (χ0v) is 10.5. The van der Waals surface area contributed by atoms with Crippen LogP contribution in [0.2, 0.25) is 0 Å². The summed E-state index contributed by atoms with van der Waals surface area (Å²) < 4.78 is 5.06. The number of nitrogens with zero attached hydrogens (tertiary/aromatic N) is 1. The number of esters is 1. The Hall–Kier alpha value is -2.89. The summed E-state index contributed by atoms with van der Waals surface area (Å²) in [5.41, 5.74) is 6.58. The molecule has 0 atom stereocenters. The van der Waals surface area contributed by atoms with Gasteiger partial charge in [0.2, 0.25) is 0 Å². The minimum absolute atomic E-state index is 0.0329. The fraction of sp³-hybridized carbons (Fsp3) is 0.0714. The molecule has 2 aromatic rings. The molecular formula is C14H12N2O4. The van der Waals surface area contributed by atoms with Crippen molar-refractivity contribution < 1.29 is 14.5 Å². The van der Waals surface area contributed by atoms with Crippen molar-refractivity contribution >= 4 is 17.3 Å². The average Bonchev–Trinajstić information content (AvgIpc) is 2.46. The third-order valence-electron chi connectivity index (χ3n) is 2.67. The van der Waals surface area contributed by atoms with Gasteiger partial charge in [-0.3, -0.25) is 10.1 Å². The summed E-state index contributed by atoms with van der Waals surface area (Å²) in [7, 11) is 0. The van der Waals surface area contributed by atoms with Crippen LogP contribution in [0.5, 0.6) is 0 Å². The van der Waals surface area contributed by atoms with Crippen molar-refractivity contribution in [1.29, 1.82) is 0 Å². The lowest BCUT2D eigenvalue weighted by molar-refractivity contribution is -0.385. The van der Waals surface area contributed by atoms with E-state index < -0.39 is 10.9 Å². The highest BCUT2D eigenvalue weighted by molar-refractivity contribution is 5.93. The number of ether oxygens (including phenoxy) is 1. The molecule has 0 aromatic heterocycles. The van der Waals surface area contributed by atoms with Gasteiger partial charge < -0.3 is 10.5 Å². The maximum absolute atomic E-state index is 11.9. The molecule has 0 aliphatic carbocycles. The van der Waals surface area contributed by atoms with E-state index in [9.17, 15) is 14.9 Å². The standard InChI is InChI=1S/C14H12N2O4/c15-11-7-5-10(6-8-11)9-20-14(17)12-3-1-2-4-13(12)16(18)19/h1-8H,9,15H2. The minimum atomic E-state index is -0.728. The van der Waals surface area contributed by atoms with Gasteiger partial charge in [-0.2, -0.15) is 0 Å². The van der Waals surface area contributed by atoms with Gasteiger partial charge in [0.1, 0.15) is 12.2 Å². The molecule has 0 unspecified atom stereocenters. The molecule has 2 aromatic carbocycles. The molecule has 2 rings (SSSR count). The monoisotopic (exact) mass is 272 g/mol. The van der Waals surface area contributed by atoms with Crippen molar-refractivity contribution in [3.05, 3.63) is 69.8 Å². The third-order valence-corrected chi connectivity index (χ3v) is 2.67. The molecule has 0 saturated heterocycles. The summed E-state index contributed by atoms with van der Waals surface area (Å²) in [5, 5.41) is 10.8. The maximum atomic E-state index is 11.9. The zero-order valence-electron chi connectivity index (χ0n) is 10.5. The van der Waals surface area contributed by atoms with Crippen LogP contribution in [0.15, 0.2) is 48.5 Å². The second-order valence-electron chi connectivity index (χ2n) is 4.09.